The molecule has 0 saturated heterocycles. The molecule has 1 rings (SSSR count). The van der Waals surface area contributed by atoms with Crippen LogP contribution < -0.4 is 5.32 Å². The maximum absolute atomic E-state index is 11.5. The van der Waals surface area contributed by atoms with Crippen LogP contribution in [0.2, 0.25) is 0 Å². The molecular weight excluding hydrogens is 238 g/mol. The van der Waals surface area contributed by atoms with Crippen LogP contribution in [-0.4, -0.2) is 23.5 Å². The van der Waals surface area contributed by atoms with Gasteiger partial charge < -0.3 is 10.4 Å². The average Bonchev–Trinajstić information content (AvgIpc) is 2.68. The summed E-state index contributed by atoms with van der Waals surface area (Å²) in [6.45, 7) is 2.38. The highest BCUT2D eigenvalue weighted by Gasteiger charge is 2.12. The van der Waals surface area contributed by atoms with Gasteiger partial charge in [-0.25, -0.2) is 0 Å². The lowest BCUT2D eigenvalue weighted by Crippen LogP contribution is -2.27. The standard InChI is InChI=1S/C12H17NO3S/c1-9(8-12(15)16)7-11(14)13-5-4-10-3-2-6-17-10/h2-3,6,9H,4-5,7-8H2,1H3,(H,13,14)(H,15,16). The van der Waals surface area contributed by atoms with E-state index in [1.54, 1.807) is 18.3 Å². The molecule has 0 saturated carbocycles. The quantitative estimate of drug-likeness (QED) is 0.782. The van der Waals surface area contributed by atoms with Crippen molar-refractivity contribution in [3.63, 3.8) is 0 Å². The summed E-state index contributed by atoms with van der Waals surface area (Å²) in [5.41, 5.74) is 0. The molecule has 0 radical (unpaired) electrons. The molecule has 0 fully saturated rings. The Morgan fingerprint density at radius 2 is 2.24 bits per heavy atom. The van der Waals surface area contributed by atoms with Gasteiger partial charge in [0, 0.05) is 24.3 Å². The summed E-state index contributed by atoms with van der Waals surface area (Å²) in [4.78, 5) is 23.1. The molecule has 1 amide bonds. The molecule has 94 valence electrons. The Balaban J connectivity index is 2.14. The molecule has 0 bridgehead atoms. The summed E-state index contributed by atoms with van der Waals surface area (Å²) in [7, 11) is 0. The van der Waals surface area contributed by atoms with Crippen molar-refractivity contribution >= 4 is 23.2 Å². The second-order valence-corrected chi connectivity index (χ2v) is 5.12. The van der Waals surface area contributed by atoms with Crippen LogP contribution in [0.4, 0.5) is 0 Å². The van der Waals surface area contributed by atoms with Crippen molar-refractivity contribution in [3.8, 4) is 0 Å². The SMILES string of the molecule is CC(CC(=O)O)CC(=O)NCCc1cccs1. The summed E-state index contributed by atoms with van der Waals surface area (Å²) in [5.74, 6) is -1.05. The number of carbonyl (C=O) groups excluding carboxylic acids is 1. The van der Waals surface area contributed by atoms with Crippen molar-refractivity contribution in [2.75, 3.05) is 6.54 Å². The molecule has 4 nitrogen and oxygen atoms in total. The number of carboxylic acids is 1. The fraction of sp³-hybridized carbons (Fsp3) is 0.500. The van der Waals surface area contributed by atoms with E-state index in [9.17, 15) is 9.59 Å². The fourth-order valence-electron chi connectivity index (χ4n) is 1.54. The van der Waals surface area contributed by atoms with Crippen molar-refractivity contribution in [2.45, 2.75) is 26.2 Å². The Hall–Kier alpha value is -1.36. The van der Waals surface area contributed by atoms with Gasteiger partial charge in [0.25, 0.3) is 0 Å². The van der Waals surface area contributed by atoms with Crippen LogP contribution in [0.25, 0.3) is 0 Å². The number of aliphatic carboxylic acids is 1. The summed E-state index contributed by atoms with van der Waals surface area (Å²) >= 11 is 1.67. The van der Waals surface area contributed by atoms with E-state index in [0.29, 0.717) is 6.54 Å². The normalized spacial score (nSPS) is 12.1. The minimum Gasteiger partial charge on any atom is -0.481 e. The van der Waals surface area contributed by atoms with E-state index in [4.69, 9.17) is 5.11 Å². The first-order chi connectivity index (χ1) is 8.08. The Kier molecular flexibility index (Phi) is 5.69. The summed E-state index contributed by atoms with van der Waals surface area (Å²) < 4.78 is 0. The first kappa shape index (κ1) is 13.7. The molecule has 0 aromatic carbocycles. The molecule has 0 aliphatic carbocycles. The molecule has 2 N–H and O–H groups in total. The number of nitrogens with one attached hydrogen (secondary N) is 1. The smallest absolute Gasteiger partial charge is 0.303 e. The molecule has 5 heteroatoms. The Bertz CT molecular complexity index is 362. The summed E-state index contributed by atoms with van der Waals surface area (Å²) in [6.07, 6.45) is 1.14. The zero-order valence-electron chi connectivity index (χ0n) is 9.81. The van der Waals surface area contributed by atoms with E-state index in [1.807, 2.05) is 17.5 Å². The largest absolute Gasteiger partial charge is 0.481 e. The lowest BCUT2D eigenvalue weighted by Gasteiger charge is -2.08. The lowest BCUT2D eigenvalue weighted by molar-refractivity contribution is -0.138. The highest BCUT2D eigenvalue weighted by atomic mass is 32.1. The van der Waals surface area contributed by atoms with Crippen molar-refractivity contribution in [3.05, 3.63) is 22.4 Å². The summed E-state index contributed by atoms with van der Waals surface area (Å²) in [5, 5.41) is 13.4. The van der Waals surface area contributed by atoms with Crippen molar-refractivity contribution in [2.24, 2.45) is 5.92 Å². The molecule has 1 aromatic rings. The highest BCUT2D eigenvalue weighted by molar-refractivity contribution is 7.09. The Morgan fingerprint density at radius 1 is 1.47 bits per heavy atom. The van der Waals surface area contributed by atoms with E-state index in [1.165, 1.54) is 4.88 Å². The Labute approximate surface area is 105 Å². The predicted molar refractivity (Wildman–Crippen MR) is 67.1 cm³/mol. The zero-order valence-corrected chi connectivity index (χ0v) is 10.6. The van der Waals surface area contributed by atoms with Crippen LogP contribution in [0.1, 0.15) is 24.6 Å². The monoisotopic (exact) mass is 255 g/mol. The van der Waals surface area contributed by atoms with Gasteiger partial charge in [-0.3, -0.25) is 9.59 Å². The van der Waals surface area contributed by atoms with Gasteiger partial charge >= 0.3 is 5.97 Å². The van der Waals surface area contributed by atoms with Crippen LogP contribution in [-0.2, 0) is 16.0 Å². The van der Waals surface area contributed by atoms with Crippen molar-refractivity contribution in [1.82, 2.24) is 5.32 Å². The maximum Gasteiger partial charge on any atom is 0.303 e. The minimum absolute atomic E-state index is 0.0400. The number of hydrogen-bond acceptors (Lipinski definition) is 3. The number of thiophene rings is 1. The summed E-state index contributed by atoms with van der Waals surface area (Å²) in [6, 6.07) is 4.01. The number of amides is 1. The molecule has 1 unspecified atom stereocenters. The third-order valence-electron chi connectivity index (χ3n) is 2.33. The van der Waals surface area contributed by atoms with Gasteiger partial charge in [-0.05, 0) is 23.8 Å². The van der Waals surface area contributed by atoms with Gasteiger partial charge in [0.15, 0.2) is 0 Å². The van der Waals surface area contributed by atoms with E-state index >= 15 is 0 Å². The van der Waals surface area contributed by atoms with E-state index in [0.717, 1.165) is 6.42 Å². The van der Waals surface area contributed by atoms with Crippen molar-refractivity contribution in [1.29, 1.82) is 0 Å². The van der Waals surface area contributed by atoms with Crippen LogP contribution in [0.15, 0.2) is 17.5 Å². The molecule has 17 heavy (non-hydrogen) atoms. The third kappa shape index (κ3) is 6.06. The number of rotatable bonds is 7. The van der Waals surface area contributed by atoms with Gasteiger partial charge in [0.1, 0.15) is 0 Å². The lowest BCUT2D eigenvalue weighted by atomic mass is 10.0. The first-order valence-electron chi connectivity index (χ1n) is 5.59. The van der Waals surface area contributed by atoms with Crippen LogP contribution in [0.3, 0.4) is 0 Å². The van der Waals surface area contributed by atoms with Crippen LogP contribution in [0, 0.1) is 5.92 Å². The van der Waals surface area contributed by atoms with Gasteiger partial charge in [-0.1, -0.05) is 13.0 Å². The number of carboxylic acid groups (broad SMARTS) is 1. The minimum atomic E-state index is -0.858. The Morgan fingerprint density at radius 3 is 2.82 bits per heavy atom. The van der Waals surface area contributed by atoms with E-state index in [2.05, 4.69) is 5.32 Å². The second kappa shape index (κ2) is 7.06. The molecule has 1 heterocycles. The van der Waals surface area contributed by atoms with E-state index in [-0.39, 0.29) is 24.7 Å². The van der Waals surface area contributed by atoms with Gasteiger partial charge in [0.2, 0.25) is 5.91 Å². The number of carbonyl (C=O) groups is 2. The van der Waals surface area contributed by atoms with Crippen LogP contribution >= 0.6 is 11.3 Å². The predicted octanol–water partition coefficient (Wildman–Crippen LogP) is 1.91. The average molecular weight is 255 g/mol. The van der Waals surface area contributed by atoms with Gasteiger partial charge in [0.05, 0.1) is 0 Å². The second-order valence-electron chi connectivity index (χ2n) is 4.09. The molecule has 0 spiro atoms. The molecule has 1 aromatic heterocycles. The first-order valence-corrected chi connectivity index (χ1v) is 6.46. The highest BCUT2D eigenvalue weighted by Crippen LogP contribution is 2.09. The molecule has 1 atom stereocenters. The van der Waals surface area contributed by atoms with Crippen LogP contribution in [0.5, 0.6) is 0 Å². The van der Waals surface area contributed by atoms with E-state index < -0.39 is 5.97 Å². The van der Waals surface area contributed by atoms with Gasteiger partial charge in [-0.2, -0.15) is 0 Å². The molecule has 0 aliphatic heterocycles. The maximum atomic E-state index is 11.5. The molecular formula is C12H17NO3S. The van der Waals surface area contributed by atoms with Crippen molar-refractivity contribution < 1.29 is 14.7 Å². The topological polar surface area (TPSA) is 66.4 Å². The molecule has 0 aliphatic rings. The third-order valence-corrected chi connectivity index (χ3v) is 3.27. The fourth-order valence-corrected chi connectivity index (χ4v) is 2.25. The zero-order chi connectivity index (χ0) is 12.7. The van der Waals surface area contributed by atoms with Gasteiger partial charge in [-0.15, -0.1) is 11.3 Å². The number of hydrogen-bond donors (Lipinski definition) is 2.